The smallest absolute Gasteiger partial charge is 0.220 e. The Morgan fingerprint density at radius 3 is 3.07 bits per heavy atom. The molecule has 1 rings (SSSR count). The number of amides is 1. The van der Waals surface area contributed by atoms with Gasteiger partial charge in [-0.1, -0.05) is 6.08 Å². The minimum Gasteiger partial charge on any atom is -0.384 e. The van der Waals surface area contributed by atoms with Gasteiger partial charge in [0.15, 0.2) is 0 Å². The molecule has 15 heavy (non-hydrogen) atoms. The Bertz CT molecular complexity index is 356. The third-order valence-corrected chi connectivity index (χ3v) is 2.12. The van der Waals surface area contributed by atoms with Crippen LogP contribution in [0.3, 0.4) is 0 Å². The second-order valence-electron chi connectivity index (χ2n) is 3.28. The van der Waals surface area contributed by atoms with E-state index in [1.807, 2.05) is 0 Å². The molecule has 0 saturated carbocycles. The number of nitrogen functional groups attached to an aromatic ring is 1. The quantitative estimate of drug-likeness (QED) is 0.695. The first kappa shape index (κ1) is 11.3. The van der Waals surface area contributed by atoms with Crippen LogP contribution in [-0.2, 0) is 18.4 Å². The highest BCUT2D eigenvalue weighted by molar-refractivity contribution is 5.76. The Kier molecular flexibility index (Phi) is 3.91. The highest BCUT2D eigenvalue weighted by Gasteiger charge is 2.05. The largest absolute Gasteiger partial charge is 0.384 e. The fourth-order valence-corrected chi connectivity index (χ4v) is 1.14. The lowest BCUT2D eigenvalue weighted by atomic mass is 10.2. The van der Waals surface area contributed by atoms with Gasteiger partial charge in [0.25, 0.3) is 0 Å². The molecule has 0 aliphatic heterocycles. The fraction of sp³-hybridized carbons (Fsp3) is 0.400. The van der Waals surface area contributed by atoms with Crippen molar-refractivity contribution in [3.8, 4) is 0 Å². The Hall–Kier alpha value is -1.78. The van der Waals surface area contributed by atoms with E-state index in [0.29, 0.717) is 25.2 Å². The SMILES string of the molecule is C=CCCC(=O)NCc1cnn(C)c1N. The van der Waals surface area contributed by atoms with Crippen molar-refractivity contribution in [2.75, 3.05) is 5.73 Å². The summed E-state index contributed by atoms with van der Waals surface area (Å²) < 4.78 is 1.57. The summed E-state index contributed by atoms with van der Waals surface area (Å²) in [4.78, 5) is 11.3. The van der Waals surface area contributed by atoms with Gasteiger partial charge in [-0.05, 0) is 6.42 Å². The van der Waals surface area contributed by atoms with E-state index in [1.165, 1.54) is 0 Å². The molecular formula is C10H16N4O. The van der Waals surface area contributed by atoms with Gasteiger partial charge in [-0.3, -0.25) is 9.48 Å². The van der Waals surface area contributed by atoms with Gasteiger partial charge in [0.1, 0.15) is 5.82 Å². The first-order chi connectivity index (χ1) is 7.15. The first-order valence-corrected chi connectivity index (χ1v) is 4.79. The van der Waals surface area contributed by atoms with Gasteiger partial charge >= 0.3 is 0 Å². The predicted octanol–water partition coefficient (Wildman–Crippen LogP) is 0.585. The molecule has 0 bridgehead atoms. The summed E-state index contributed by atoms with van der Waals surface area (Å²) in [6.07, 6.45) is 4.53. The minimum absolute atomic E-state index is 0.00171. The molecule has 0 spiro atoms. The maximum absolute atomic E-state index is 11.3. The van der Waals surface area contributed by atoms with Crippen LogP contribution in [0.4, 0.5) is 5.82 Å². The number of rotatable bonds is 5. The molecule has 1 heterocycles. The molecule has 82 valence electrons. The summed E-state index contributed by atoms with van der Waals surface area (Å²) >= 11 is 0. The molecular weight excluding hydrogens is 192 g/mol. The van der Waals surface area contributed by atoms with Crippen molar-refractivity contribution >= 4 is 11.7 Å². The molecule has 0 atom stereocenters. The van der Waals surface area contributed by atoms with Crippen LogP contribution >= 0.6 is 0 Å². The molecule has 5 nitrogen and oxygen atoms in total. The second-order valence-corrected chi connectivity index (χ2v) is 3.28. The van der Waals surface area contributed by atoms with E-state index >= 15 is 0 Å². The monoisotopic (exact) mass is 208 g/mol. The van der Waals surface area contributed by atoms with E-state index in [9.17, 15) is 4.79 Å². The van der Waals surface area contributed by atoms with Crippen LogP contribution in [0, 0.1) is 0 Å². The molecule has 0 aliphatic rings. The molecule has 0 aromatic carbocycles. The van der Waals surface area contributed by atoms with Gasteiger partial charge < -0.3 is 11.1 Å². The maximum atomic E-state index is 11.3. The summed E-state index contributed by atoms with van der Waals surface area (Å²) in [6.45, 7) is 3.98. The maximum Gasteiger partial charge on any atom is 0.220 e. The second kappa shape index (κ2) is 5.19. The molecule has 1 aromatic rings. The van der Waals surface area contributed by atoms with Gasteiger partial charge in [0, 0.05) is 25.6 Å². The van der Waals surface area contributed by atoms with Crippen LogP contribution in [-0.4, -0.2) is 15.7 Å². The van der Waals surface area contributed by atoms with Gasteiger partial charge in [0.2, 0.25) is 5.91 Å². The number of allylic oxidation sites excluding steroid dienone is 1. The van der Waals surface area contributed by atoms with E-state index in [1.54, 1.807) is 24.0 Å². The fourth-order valence-electron chi connectivity index (χ4n) is 1.14. The topological polar surface area (TPSA) is 72.9 Å². The van der Waals surface area contributed by atoms with Crippen molar-refractivity contribution in [3.05, 3.63) is 24.4 Å². The lowest BCUT2D eigenvalue weighted by Crippen LogP contribution is -2.22. The molecule has 0 unspecified atom stereocenters. The van der Waals surface area contributed by atoms with Crippen LogP contribution in [0.25, 0.3) is 0 Å². The standard InChI is InChI=1S/C10H16N4O/c1-3-4-5-9(15)12-6-8-7-13-14(2)10(8)11/h3,7H,1,4-6,11H2,2H3,(H,12,15). The number of aryl methyl sites for hydroxylation is 1. The zero-order valence-corrected chi connectivity index (χ0v) is 8.86. The molecule has 0 radical (unpaired) electrons. The van der Waals surface area contributed by atoms with Gasteiger partial charge in [-0.25, -0.2) is 0 Å². The summed E-state index contributed by atoms with van der Waals surface area (Å²) in [5.74, 6) is 0.581. The number of nitrogens with two attached hydrogens (primary N) is 1. The number of nitrogens with one attached hydrogen (secondary N) is 1. The average molecular weight is 208 g/mol. The third-order valence-electron chi connectivity index (χ3n) is 2.12. The number of carbonyl (C=O) groups is 1. The lowest BCUT2D eigenvalue weighted by molar-refractivity contribution is -0.121. The van der Waals surface area contributed by atoms with Gasteiger partial charge in [-0.15, -0.1) is 6.58 Å². The van der Waals surface area contributed by atoms with E-state index < -0.39 is 0 Å². The summed E-state index contributed by atoms with van der Waals surface area (Å²) in [7, 11) is 1.76. The third kappa shape index (κ3) is 3.12. The Labute approximate surface area is 89.0 Å². The van der Waals surface area contributed by atoms with E-state index in [2.05, 4.69) is 17.0 Å². The van der Waals surface area contributed by atoms with Crippen molar-refractivity contribution in [1.82, 2.24) is 15.1 Å². The average Bonchev–Trinajstić information content (AvgIpc) is 2.54. The van der Waals surface area contributed by atoms with Crippen LogP contribution in [0.5, 0.6) is 0 Å². The molecule has 1 amide bonds. The molecule has 1 aromatic heterocycles. The van der Waals surface area contributed by atoms with Crippen LogP contribution in [0.15, 0.2) is 18.9 Å². The zero-order valence-electron chi connectivity index (χ0n) is 8.86. The zero-order chi connectivity index (χ0) is 11.3. The summed E-state index contributed by atoms with van der Waals surface area (Å²) in [6, 6.07) is 0. The number of carbonyl (C=O) groups excluding carboxylic acids is 1. The Balaban J connectivity index is 2.40. The van der Waals surface area contributed by atoms with Crippen molar-refractivity contribution in [2.45, 2.75) is 19.4 Å². The van der Waals surface area contributed by atoms with Gasteiger partial charge in [-0.2, -0.15) is 5.10 Å². The van der Waals surface area contributed by atoms with Crippen LogP contribution in [0.2, 0.25) is 0 Å². The Morgan fingerprint density at radius 2 is 2.53 bits per heavy atom. The molecule has 0 aliphatic carbocycles. The van der Waals surface area contributed by atoms with Crippen molar-refractivity contribution in [1.29, 1.82) is 0 Å². The molecule has 0 saturated heterocycles. The predicted molar refractivity (Wildman–Crippen MR) is 58.9 cm³/mol. The number of nitrogens with zero attached hydrogens (tertiary/aromatic N) is 2. The number of anilines is 1. The highest BCUT2D eigenvalue weighted by atomic mass is 16.1. The van der Waals surface area contributed by atoms with Crippen molar-refractivity contribution in [3.63, 3.8) is 0 Å². The molecule has 3 N–H and O–H groups in total. The van der Waals surface area contributed by atoms with Crippen LogP contribution in [0.1, 0.15) is 18.4 Å². The normalized spacial score (nSPS) is 9.93. The number of hydrogen-bond acceptors (Lipinski definition) is 3. The number of aromatic nitrogens is 2. The van der Waals surface area contributed by atoms with Gasteiger partial charge in [0.05, 0.1) is 6.20 Å². The first-order valence-electron chi connectivity index (χ1n) is 4.79. The Morgan fingerprint density at radius 1 is 1.80 bits per heavy atom. The van der Waals surface area contributed by atoms with E-state index in [0.717, 1.165) is 5.56 Å². The molecule has 5 heteroatoms. The van der Waals surface area contributed by atoms with Crippen LogP contribution < -0.4 is 11.1 Å². The van der Waals surface area contributed by atoms with E-state index in [-0.39, 0.29) is 5.91 Å². The lowest BCUT2D eigenvalue weighted by Gasteiger charge is -2.03. The molecule has 0 fully saturated rings. The van der Waals surface area contributed by atoms with Crippen molar-refractivity contribution < 1.29 is 4.79 Å². The number of hydrogen-bond donors (Lipinski definition) is 2. The van der Waals surface area contributed by atoms with Crippen molar-refractivity contribution in [2.24, 2.45) is 7.05 Å². The summed E-state index contributed by atoms with van der Waals surface area (Å²) in [5, 5.41) is 6.75. The van der Waals surface area contributed by atoms with E-state index in [4.69, 9.17) is 5.73 Å². The minimum atomic E-state index is -0.00171. The summed E-state index contributed by atoms with van der Waals surface area (Å²) in [5.41, 5.74) is 6.56. The highest BCUT2D eigenvalue weighted by Crippen LogP contribution is 2.08.